The normalized spacial score (nSPS) is 16.5. The average Bonchev–Trinajstić information content (AvgIpc) is 2.85. The van der Waals surface area contributed by atoms with E-state index in [0.717, 1.165) is 21.3 Å². The highest BCUT2D eigenvalue weighted by Gasteiger charge is 2.25. The zero-order valence-corrected chi connectivity index (χ0v) is 14.7. The molecule has 0 saturated carbocycles. The minimum atomic E-state index is 0.0162. The van der Waals surface area contributed by atoms with Crippen molar-refractivity contribution in [3.05, 3.63) is 19.9 Å². The van der Waals surface area contributed by atoms with Gasteiger partial charge in [-0.3, -0.25) is 9.59 Å². The Bertz CT molecular complexity index is 493. The maximum atomic E-state index is 12.3. The Labute approximate surface area is 137 Å². The summed E-state index contributed by atoms with van der Waals surface area (Å²) in [6.45, 7) is 5.22. The number of carbonyl (C=O) groups excluding carboxylic acids is 2. The SMILES string of the molecule is CC(C)C(=O)NC1CCN(C(=O)c2csc(I)c2)CC1. The number of nitrogens with zero attached hydrogens (tertiary/aromatic N) is 1. The molecule has 0 aliphatic carbocycles. The van der Waals surface area contributed by atoms with Crippen molar-refractivity contribution in [3.63, 3.8) is 0 Å². The molecular weight excluding hydrogens is 387 g/mol. The molecule has 110 valence electrons. The monoisotopic (exact) mass is 406 g/mol. The number of amides is 2. The first-order valence-electron chi connectivity index (χ1n) is 6.81. The fourth-order valence-corrected chi connectivity index (χ4v) is 3.52. The zero-order chi connectivity index (χ0) is 14.7. The molecule has 0 unspecified atom stereocenters. The van der Waals surface area contributed by atoms with Gasteiger partial charge in [0.05, 0.1) is 8.45 Å². The van der Waals surface area contributed by atoms with Gasteiger partial charge in [0.15, 0.2) is 0 Å². The summed E-state index contributed by atoms with van der Waals surface area (Å²) < 4.78 is 1.13. The Balaban J connectivity index is 1.85. The summed E-state index contributed by atoms with van der Waals surface area (Å²) >= 11 is 3.82. The highest BCUT2D eigenvalue weighted by Crippen LogP contribution is 2.20. The zero-order valence-electron chi connectivity index (χ0n) is 11.7. The molecule has 1 aromatic heterocycles. The Morgan fingerprint density at radius 1 is 1.40 bits per heavy atom. The van der Waals surface area contributed by atoms with Gasteiger partial charge in [0.25, 0.3) is 5.91 Å². The van der Waals surface area contributed by atoms with Gasteiger partial charge in [-0.25, -0.2) is 0 Å². The fourth-order valence-electron chi connectivity index (χ4n) is 2.20. The third-order valence-electron chi connectivity index (χ3n) is 3.47. The fraction of sp³-hybridized carbons (Fsp3) is 0.571. The van der Waals surface area contributed by atoms with Gasteiger partial charge >= 0.3 is 0 Å². The van der Waals surface area contributed by atoms with Crippen LogP contribution >= 0.6 is 33.9 Å². The third-order valence-corrected chi connectivity index (χ3v) is 5.26. The van der Waals surface area contributed by atoms with Crippen molar-refractivity contribution in [2.45, 2.75) is 32.7 Å². The number of rotatable bonds is 3. The largest absolute Gasteiger partial charge is 0.353 e. The van der Waals surface area contributed by atoms with Gasteiger partial charge in [-0.2, -0.15) is 0 Å². The Kier molecular flexibility index (Phi) is 5.42. The van der Waals surface area contributed by atoms with Crippen LogP contribution in [0.4, 0.5) is 0 Å². The summed E-state index contributed by atoms with van der Waals surface area (Å²) in [5.41, 5.74) is 0.782. The van der Waals surface area contributed by atoms with E-state index in [9.17, 15) is 9.59 Å². The number of hydrogen-bond acceptors (Lipinski definition) is 3. The lowest BCUT2D eigenvalue weighted by atomic mass is 10.0. The number of thiophene rings is 1. The van der Waals surface area contributed by atoms with Crippen LogP contribution in [-0.2, 0) is 4.79 Å². The molecule has 2 heterocycles. The van der Waals surface area contributed by atoms with Crippen LogP contribution in [0.2, 0.25) is 0 Å². The van der Waals surface area contributed by atoms with Gasteiger partial charge in [-0.1, -0.05) is 13.8 Å². The molecule has 6 heteroatoms. The number of halogens is 1. The van der Waals surface area contributed by atoms with Crippen molar-refractivity contribution in [3.8, 4) is 0 Å². The lowest BCUT2D eigenvalue weighted by molar-refractivity contribution is -0.124. The second-order valence-electron chi connectivity index (χ2n) is 5.37. The topological polar surface area (TPSA) is 49.4 Å². The first-order chi connectivity index (χ1) is 9.47. The second kappa shape index (κ2) is 6.89. The minimum Gasteiger partial charge on any atom is -0.353 e. The van der Waals surface area contributed by atoms with Crippen molar-refractivity contribution in [1.82, 2.24) is 10.2 Å². The van der Waals surface area contributed by atoms with Crippen molar-refractivity contribution in [2.24, 2.45) is 5.92 Å². The van der Waals surface area contributed by atoms with Crippen LogP contribution < -0.4 is 5.32 Å². The van der Waals surface area contributed by atoms with Gasteiger partial charge in [-0.05, 0) is 41.5 Å². The molecule has 0 spiro atoms. The highest BCUT2D eigenvalue weighted by molar-refractivity contribution is 14.1. The van der Waals surface area contributed by atoms with Crippen LogP contribution in [0.1, 0.15) is 37.0 Å². The average molecular weight is 406 g/mol. The molecular formula is C14H19IN2O2S. The standard InChI is InChI=1S/C14H19IN2O2S/c1-9(2)13(18)16-11-3-5-17(6-4-11)14(19)10-7-12(15)20-8-10/h7-9,11H,3-6H2,1-2H3,(H,16,18). The van der Waals surface area contributed by atoms with Crippen LogP contribution in [0.5, 0.6) is 0 Å². The minimum absolute atomic E-state index is 0.0162. The summed E-state index contributed by atoms with van der Waals surface area (Å²) in [5, 5.41) is 4.96. The molecule has 0 aromatic carbocycles. The summed E-state index contributed by atoms with van der Waals surface area (Å²) in [7, 11) is 0. The second-order valence-corrected chi connectivity index (χ2v) is 8.17. The van der Waals surface area contributed by atoms with Gasteiger partial charge in [-0.15, -0.1) is 11.3 Å². The summed E-state index contributed by atoms with van der Waals surface area (Å²) in [4.78, 5) is 25.8. The summed E-state index contributed by atoms with van der Waals surface area (Å²) in [6, 6.07) is 2.14. The molecule has 1 aliphatic heterocycles. The van der Waals surface area contributed by atoms with Crippen molar-refractivity contribution >= 4 is 45.7 Å². The molecule has 0 atom stereocenters. The number of hydrogen-bond donors (Lipinski definition) is 1. The third kappa shape index (κ3) is 3.94. The van der Waals surface area contributed by atoms with E-state index >= 15 is 0 Å². The number of carbonyl (C=O) groups is 2. The van der Waals surface area contributed by atoms with E-state index in [1.165, 1.54) is 0 Å². The summed E-state index contributed by atoms with van der Waals surface area (Å²) in [5.74, 6) is 0.225. The Morgan fingerprint density at radius 2 is 2.05 bits per heavy atom. The van der Waals surface area contributed by atoms with Crippen molar-refractivity contribution in [1.29, 1.82) is 0 Å². The molecule has 1 fully saturated rings. The Hall–Kier alpha value is -0.630. The lowest BCUT2D eigenvalue weighted by Gasteiger charge is -2.32. The molecule has 4 nitrogen and oxygen atoms in total. The van der Waals surface area contributed by atoms with E-state index < -0.39 is 0 Å². The van der Waals surface area contributed by atoms with Crippen LogP contribution in [0.3, 0.4) is 0 Å². The first-order valence-corrected chi connectivity index (χ1v) is 8.77. The maximum absolute atomic E-state index is 12.3. The molecule has 0 radical (unpaired) electrons. The molecule has 2 rings (SSSR count). The molecule has 1 saturated heterocycles. The molecule has 20 heavy (non-hydrogen) atoms. The molecule has 2 amide bonds. The van der Waals surface area contributed by atoms with Crippen LogP contribution in [0.15, 0.2) is 11.4 Å². The van der Waals surface area contributed by atoms with Gasteiger partial charge in [0.2, 0.25) is 5.91 Å². The van der Waals surface area contributed by atoms with E-state index in [1.54, 1.807) is 11.3 Å². The van der Waals surface area contributed by atoms with Gasteiger partial charge < -0.3 is 10.2 Å². The predicted octanol–water partition coefficient (Wildman–Crippen LogP) is 2.73. The molecule has 0 bridgehead atoms. The van der Waals surface area contributed by atoms with Gasteiger partial charge in [0, 0.05) is 30.4 Å². The van der Waals surface area contributed by atoms with E-state index in [0.29, 0.717) is 13.1 Å². The van der Waals surface area contributed by atoms with Gasteiger partial charge in [0.1, 0.15) is 0 Å². The number of nitrogens with one attached hydrogen (secondary N) is 1. The van der Waals surface area contributed by atoms with E-state index in [2.05, 4.69) is 27.9 Å². The van der Waals surface area contributed by atoms with Crippen molar-refractivity contribution < 1.29 is 9.59 Å². The molecule has 1 aromatic rings. The highest BCUT2D eigenvalue weighted by atomic mass is 127. The quantitative estimate of drug-likeness (QED) is 0.785. The lowest BCUT2D eigenvalue weighted by Crippen LogP contribution is -2.47. The van der Waals surface area contributed by atoms with Crippen LogP contribution in [-0.4, -0.2) is 35.8 Å². The van der Waals surface area contributed by atoms with E-state index in [-0.39, 0.29) is 23.8 Å². The summed E-state index contributed by atoms with van der Waals surface area (Å²) in [6.07, 6.45) is 1.68. The molecule has 1 N–H and O–H groups in total. The van der Waals surface area contributed by atoms with E-state index in [4.69, 9.17) is 0 Å². The number of piperidine rings is 1. The van der Waals surface area contributed by atoms with Crippen LogP contribution in [0.25, 0.3) is 0 Å². The van der Waals surface area contributed by atoms with Crippen molar-refractivity contribution in [2.75, 3.05) is 13.1 Å². The van der Waals surface area contributed by atoms with Crippen LogP contribution in [0, 0.1) is 8.80 Å². The Morgan fingerprint density at radius 3 is 2.55 bits per heavy atom. The van der Waals surface area contributed by atoms with E-state index in [1.807, 2.05) is 30.2 Å². The maximum Gasteiger partial charge on any atom is 0.254 e. The number of likely N-dealkylation sites (tertiary alicyclic amines) is 1. The smallest absolute Gasteiger partial charge is 0.254 e. The predicted molar refractivity (Wildman–Crippen MR) is 88.9 cm³/mol. The molecule has 1 aliphatic rings. The first kappa shape index (κ1) is 15.8.